The molecule has 0 heterocycles. The Hall–Kier alpha value is -3.10. The molecule has 0 amide bonds. The third-order valence-electron chi connectivity index (χ3n) is 11.4. The molecule has 2 rings (SSSR count). The van der Waals surface area contributed by atoms with Crippen LogP contribution in [0, 0.1) is 0 Å². The number of carboxylic acids is 1. The number of unbranched alkanes of at least 4 members (excludes halogenated alkanes) is 26. The Morgan fingerprint density at radius 3 is 1.00 bits per heavy atom. The van der Waals surface area contributed by atoms with E-state index in [0.29, 0.717) is 18.1 Å². The fourth-order valence-corrected chi connectivity index (χ4v) is 7.52. The highest BCUT2D eigenvalue weighted by molar-refractivity contribution is 5.72. The molecule has 0 bridgehead atoms. The van der Waals surface area contributed by atoms with Gasteiger partial charge in [-0.15, -0.1) is 0 Å². The number of carboxylic acid groups (broad SMARTS) is 1. The molecule has 0 aliphatic carbocycles. The standard InChI is InChI=1S/C27H46O4.C26H44O4/c1-3-4-5-6-7-8-9-10-11-12-13-14-15-16-17-25(28)23-31-26-20-18-24(19-21-26)22-27(29)30-2;1-2-3-4-5-6-7-8-9-10-11-12-13-14-15-16-24(27)22-30-25-19-17-23(18-20-25)21-26(28)29/h18-21,25,28H,3-17,22-23H2,1-2H3;17-20,24,27H,2-16,21-22H2,1H3,(H,28,29). The molecule has 0 aromatic heterocycles. The zero-order valence-corrected chi connectivity index (χ0v) is 39.2. The topological polar surface area (TPSA) is 123 Å². The van der Waals surface area contributed by atoms with E-state index >= 15 is 0 Å². The summed E-state index contributed by atoms with van der Waals surface area (Å²) in [4.78, 5) is 21.9. The fourth-order valence-electron chi connectivity index (χ4n) is 7.52. The Kier molecular flexibility index (Phi) is 37.5. The summed E-state index contributed by atoms with van der Waals surface area (Å²) in [5, 5.41) is 29.0. The average Bonchev–Trinajstić information content (AvgIpc) is 3.26. The zero-order chi connectivity index (χ0) is 44.4. The van der Waals surface area contributed by atoms with Crippen molar-refractivity contribution in [2.45, 2.75) is 232 Å². The lowest BCUT2D eigenvalue weighted by molar-refractivity contribution is -0.140. The van der Waals surface area contributed by atoms with Gasteiger partial charge in [-0.3, -0.25) is 9.59 Å². The summed E-state index contributed by atoms with van der Waals surface area (Å²) in [6.45, 7) is 5.14. The Labute approximate surface area is 373 Å². The molecule has 350 valence electrons. The van der Waals surface area contributed by atoms with Crippen LogP contribution in [-0.4, -0.2) is 59.8 Å². The fraction of sp³-hybridized carbons (Fsp3) is 0.736. The second-order valence-electron chi connectivity index (χ2n) is 17.3. The summed E-state index contributed by atoms with van der Waals surface area (Å²) in [5.41, 5.74) is 1.64. The summed E-state index contributed by atoms with van der Waals surface area (Å²) in [7, 11) is 1.39. The number of carbonyl (C=O) groups excluding carboxylic acids is 1. The Balaban J connectivity index is 0.000000610. The number of ether oxygens (including phenoxy) is 3. The maximum atomic E-state index is 11.3. The summed E-state index contributed by atoms with van der Waals surface area (Å²) in [5.74, 6) is 0.294. The van der Waals surface area contributed by atoms with Gasteiger partial charge in [-0.05, 0) is 48.2 Å². The maximum Gasteiger partial charge on any atom is 0.309 e. The number of hydrogen-bond acceptors (Lipinski definition) is 7. The molecule has 0 radical (unpaired) electrons. The lowest BCUT2D eigenvalue weighted by Gasteiger charge is -2.12. The molecule has 0 aliphatic heterocycles. The van der Waals surface area contributed by atoms with Crippen LogP contribution in [0.5, 0.6) is 11.5 Å². The quantitative estimate of drug-likeness (QED) is 0.0447. The van der Waals surface area contributed by atoms with E-state index in [2.05, 4.69) is 18.6 Å². The third-order valence-corrected chi connectivity index (χ3v) is 11.4. The van der Waals surface area contributed by atoms with E-state index in [1.54, 1.807) is 24.3 Å². The van der Waals surface area contributed by atoms with Crippen molar-refractivity contribution in [3.8, 4) is 11.5 Å². The van der Waals surface area contributed by atoms with Crippen LogP contribution < -0.4 is 9.47 Å². The molecule has 0 aliphatic rings. The van der Waals surface area contributed by atoms with Crippen LogP contribution in [-0.2, 0) is 27.2 Å². The molecule has 0 saturated carbocycles. The lowest BCUT2D eigenvalue weighted by Crippen LogP contribution is -2.17. The van der Waals surface area contributed by atoms with Gasteiger partial charge in [0.25, 0.3) is 0 Å². The summed E-state index contributed by atoms with van der Waals surface area (Å²) in [6, 6.07) is 14.4. The predicted molar refractivity (Wildman–Crippen MR) is 253 cm³/mol. The van der Waals surface area contributed by atoms with Crippen LogP contribution in [0.15, 0.2) is 48.5 Å². The van der Waals surface area contributed by atoms with Crippen LogP contribution in [0.3, 0.4) is 0 Å². The summed E-state index contributed by atoms with van der Waals surface area (Å²) >= 11 is 0. The molecule has 0 saturated heterocycles. The molecule has 8 nitrogen and oxygen atoms in total. The second kappa shape index (κ2) is 40.9. The third kappa shape index (κ3) is 36.1. The van der Waals surface area contributed by atoms with Crippen molar-refractivity contribution in [3.05, 3.63) is 59.7 Å². The molecule has 0 spiro atoms. The van der Waals surface area contributed by atoms with Crippen LogP contribution in [0.1, 0.15) is 218 Å². The van der Waals surface area contributed by atoms with Crippen LogP contribution >= 0.6 is 0 Å². The molecule has 2 unspecified atom stereocenters. The van der Waals surface area contributed by atoms with E-state index in [0.717, 1.165) is 36.8 Å². The zero-order valence-electron chi connectivity index (χ0n) is 39.2. The number of benzene rings is 2. The minimum absolute atomic E-state index is 0.0159. The van der Waals surface area contributed by atoms with Crippen molar-refractivity contribution in [1.29, 1.82) is 0 Å². The molecule has 0 fully saturated rings. The van der Waals surface area contributed by atoms with Gasteiger partial charge in [0.2, 0.25) is 0 Å². The second-order valence-corrected chi connectivity index (χ2v) is 17.3. The van der Waals surface area contributed by atoms with E-state index in [1.807, 2.05) is 24.3 Å². The summed E-state index contributed by atoms with van der Waals surface area (Å²) in [6.07, 6.45) is 38.5. The van der Waals surface area contributed by atoms with Crippen LogP contribution in [0.4, 0.5) is 0 Å². The van der Waals surface area contributed by atoms with E-state index in [-0.39, 0.29) is 25.4 Å². The first kappa shape index (κ1) is 55.9. The van der Waals surface area contributed by atoms with Crippen molar-refractivity contribution >= 4 is 11.9 Å². The van der Waals surface area contributed by atoms with E-state index in [1.165, 1.54) is 174 Å². The average molecular weight is 855 g/mol. The molecule has 3 N–H and O–H groups in total. The van der Waals surface area contributed by atoms with Crippen molar-refractivity contribution in [1.82, 2.24) is 0 Å². The minimum atomic E-state index is -0.841. The largest absolute Gasteiger partial charge is 0.491 e. The number of aliphatic hydroxyl groups excluding tert-OH is 2. The molecule has 8 heteroatoms. The number of carbonyl (C=O) groups is 2. The number of methoxy groups -OCH3 is 1. The number of esters is 1. The number of aliphatic carboxylic acids is 1. The highest BCUT2D eigenvalue weighted by Gasteiger charge is 2.08. The highest BCUT2D eigenvalue weighted by Crippen LogP contribution is 2.18. The first-order valence-electron chi connectivity index (χ1n) is 24.9. The van der Waals surface area contributed by atoms with Gasteiger partial charge in [-0.1, -0.05) is 218 Å². The Morgan fingerprint density at radius 1 is 0.443 bits per heavy atom. The highest BCUT2D eigenvalue weighted by atomic mass is 16.5. The van der Waals surface area contributed by atoms with Crippen molar-refractivity contribution in [3.63, 3.8) is 0 Å². The van der Waals surface area contributed by atoms with Crippen LogP contribution in [0.2, 0.25) is 0 Å². The van der Waals surface area contributed by atoms with Gasteiger partial charge in [0, 0.05) is 0 Å². The maximum absolute atomic E-state index is 11.3. The first-order chi connectivity index (χ1) is 29.8. The number of aliphatic hydroxyl groups is 2. The van der Waals surface area contributed by atoms with Gasteiger partial charge in [0.1, 0.15) is 24.7 Å². The normalized spacial score (nSPS) is 12.0. The van der Waals surface area contributed by atoms with Gasteiger partial charge in [-0.2, -0.15) is 0 Å². The number of rotatable bonds is 40. The number of hydrogen-bond donors (Lipinski definition) is 3. The monoisotopic (exact) mass is 855 g/mol. The molecule has 61 heavy (non-hydrogen) atoms. The van der Waals surface area contributed by atoms with E-state index < -0.39 is 18.2 Å². The van der Waals surface area contributed by atoms with Gasteiger partial charge >= 0.3 is 11.9 Å². The van der Waals surface area contributed by atoms with Crippen LogP contribution in [0.25, 0.3) is 0 Å². The van der Waals surface area contributed by atoms with E-state index in [9.17, 15) is 19.8 Å². The van der Waals surface area contributed by atoms with Crippen molar-refractivity contribution in [2.75, 3.05) is 20.3 Å². The molecular weight excluding hydrogens is 765 g/mol. The molecular formula is C53H90O8. The molecule has 2 aromatic rings. The molecule has 2 aromatic carbocycles. The van der Waals surface area contributed by atoms with E-state index in [4.69, 9.17) is 14.6 Å². The lowest BCUT2D eigenvalue weighted by atomic mass is 10.0. The van der Waals surface area contributed by atoms with Gasteiger partial charge in [0.15, 0.2) is 0 Å². The Morgan fingerprint density at radius 2 is 0.721 bits per heavy atom. The van der Waals surface area contributed by atoms with Gasteiger partial charge in [-0.25, -0.2) is 0 Å². The minimum Gasteiger partial charge on any atom is -0.491 e. The Bertz CT molecular complexity index is 1260. The van der Waals surface area contributed by atoms with Crippen molar-refractivity contribution < 1.29 is 39.1 Å². The molecule has 2 atom stereocenters. The van der Waals surface area contributed by atoms with Crippen molar-refractivity contribution in [2.24, 2.45) is 0 Å². The van der Waals surface area contributed by atoms with Gasteiger partial charge < -0.3 is 29.5 Å². The first-order valence-corrected chi connectivity index (χ1v) is 24.9. The van der Waals surface area contributed by atoms with Gasteiger partial charge in [0.05, 0.1) is 32.2 Å². The predicted octanol–water partition coefficient (Wildman–Crippen LogP) is 13.9. The smallest absolute Gasteiger partial charge is 0.309 e. The summed E-state index contributed by atoms with van der Waals surface area (Å²) < 4.78 is 15.9. The SMILES string of the molecule is CCCCCCCCCCCCCCCCC(O)COc1ccc(CC(=O)O)cc1.CCCCCCCCCCCCCCCCC(O)COc1ccc(CC(=O)OC)cc1.